The largest absolute Gasteiger partial charge is 0.489 e. The number of rotatable bonds is 6. The van der Waals surface area contributed by atoms with E-state index in [4.69, 9.17) is 15.6 Å². The second-order valence-electron chi connectivity index (χ2n) is 3.58. The van der Waals surface area contributed by atoms with Crippen molar-refractivity contribution in [2.75, 3.05) is 25.5 Å². The number of amides is 1. The molecule has 1 aromatic carbocycles. The van der Waals surface area contributed by atoms with Gasteiger partial charge < -0.3 is 20.9 Å². The monoisotopic (exact) mass is 238 g/mol. The predicted molar refractivity (Wildman–Crippen MR) is 66.1 cm³/mol. The molecular formula is C12H18N2O3. The Balaban J connectivity index is 2.76. The van der Waals surface area contributed by atoms with Gasteiger partial charge in [0.15, 0.2) is 0 Å². The fourth-order valence-corrected chi connectivity index (χ4v) is 1.30. The summed E-state index contributed by atoms with van der Waals surface area (Å²) in [4.78, 5) is 11.7. The van der Waals surface area contributed by atoms with Crippen molar-refractivity contribution in [2.45, 2.75) is 13.3 Å². The molecular weight excluding hydrogens is 220 g/mol. The molecule has 1 rings (SSSR count). The third kappa shape index (κ3) is 3.96. The van der Waals surface area contributed by atoms with Crippen molar-refractivity contribution in [3.8, 4) is 5.75 Å². The third-order valence-corrected chi connectivity index (χ3v) is 2.16. The average molecular weight is 238 g/mol. The fraction of sp³-hybridized carbons (Fsp3) is 0.417. The van der Waals surface area contributed by atoms with E-state index in [1.54, 1.807) is 18.2 Å². The van der Waals surface area contributed by atoms with Crippen molar-refractivity contribution >= 4 is 11.6 Å². The first-order chi connectivity index (χ1) is 8.19. The smallest absolute Gasteiger partial charge is 0.251 e. The van der Waals surface area contributed by atoms with Gasteiger partial charge in [-0.2, -0.15) is 0 Å². The molecule has 0 radical (unpaired) electrons. The lowest BCUT2D eigenvalue weighted by Gasteiger charge is -2.09. The molecule has 1 amide bonds. The fourth-order valence-electron chi connectivity index (χ4n) is 1.30. The molecule has 17 heavy (non-hydrogen) atoms. The van der Waals surface area contributed by atoms with Gasteiger partial charge in [0.05, 0.1) is 12.3 Å². The lowest BCUT2D eigenvalue weighted by molar-refractivity contribution is 0.0953. The van der Waals surface area contributed by atoms with Crippen molar-refractivity contribution in [3.63, 3.8) is 0 Å². The number of nitrogen functional groups attached to an aromatic ring is 1. The highest BCUT2D eigenvalue weighted by molar-refractivity contribution is 5.95. The molecule has 0 aliphatic carbocycles. The molecule has 5 nitrogen and oxygen atoms in total. The minimum Gasteiger partial charge on any atom is -0.489 e. The molecule has 0 atom stereocenters. The highest BCUT2D eigenvalue weighted by atomic mass is 16.5. The molecule has 0 fully saturated rings. The summed E-state index contributed by atoms with van der Waals surface area (Å²) in [5.41, 5.74) is 6.64. The minimum atomic E-state index is -0.152. The van der Waals surface area contributed by atoms with E-state index in [1.807, 2.05) is 6.92 Å². The number of hydrogen-bond donors (Lipinski definition) is 3. The van der Waals surface area contributed by atoms with Gasteiger partial charge in [0, 0.05) is 12.1 Å². The maximum absolute atomic E-state index is 11.7. The summed E-state index contributed by atoms with van der Waals surface area (Å²) in [5, 5.41) is 11.4. The Morgan fingerprint density at radius 1 is 1.53 bits per heavy atom. The van der Waals surface area contributed by atoms with Gasteiger partial charge in [-0.25, -0.2) is 0 Å². The Morgan fingerprint density at radius 2 is 2.29 bits per heavy atom. The van der Waals surface area contributed by atoms with E-state index >= 15 is 0 Å². The van der Waals surface area contributed by atoms with Crippen LogP contribution in [-0.4, -0.2) is 30.8 Å². The van der Waals surface area contributed by atoms with Crippen LogP contribution < -0.4 is 15.8 Å². The number of anilines is 1. The van der Waals surface area contributed by atoms with Crippen molar-refractivity contribution < 1.29 is 14.6 Å². The van der Waals surface area contributed by atoms with E-state index in [0.717, 1.165) is 6.42 Å². The van der Waals surface area contributed by atoms with E-state index in [2.05, 4.69) is 5.32 Å². The van der Waals surface area contributed by atoms with Crippen LogP contribution in [0.5, 0.6) is 5.75 Å². The number of aliphatic hydroxyl groups excluding tert-OH is 1. The Bertz CT molecular complexity index is 380. The topological polar surface area (TPSA) is 84.6 Å². The summed E-state index contributed by atoms with van der Waals surface area (Å²) < 4.78 is 5.23. The molecule has 0 unspecified atom stereocenters. The Hall–Kier alpha value is -1.75. The van der Waals surface area contributed by atoms with Crippen LogP contribution in [0.15, 0.2) is 18.2 Å². The maximum Gasteiger partial charge on any atom is 0.251 e. The van der Waals surface area contributed by atoms with E-state index in [0.29, 0.717) is 23.5 Å². The Labute approximate surface area is 101 Å². The second kappa shape index (κ2) is 6.75. The number of carbonyl (C=O) groups excluding carboxylic acids is 1. The molecule has 0 spiro atoms. The normalized spacial score (nSPS) is 10.0. The van der Waals surface area contributed by atoms with Gasteiger partial charge >= 0.3 is 0 Å². The average Bonchev–Trinajstić information content (AvgIpc) is 2.35. The van der Waals surface area contributed by atoms with Crippen molar-refractivity contribution in [1.29, 1.82) is 0 Å². The molecule has 5 heteroatoms. The van der Waals surface area contributed by atoms with Crippen LogP contribution in [0.2, 0.25) is 0 Å². The number of nitrogens with two attached hydrogens (primary N) is 1. The van der Waals surface area contributed by atoms with Gasteiger partial charge in [0.2, 0.25) is 0 Å². The lowest BCUT2D eigenvalue weighted by Crippen LogP contribution is -2.24. The zero-order chi connectivity index (χ0) is 12.7. The summed E-state index contributed by atoms with van der Waals surface area (Å²) in [6.07, 6.45) is 0.884. The Morgan fingerprint density at radius 3 is 2.94 bits per heavy atom. The highest BCUT2D eigenvalue weighted by Crippen LogP contribution is 2.22. The minimum absolute atomic E-state index is 0.0916. The molecule has 0 aromatic heterocycles. The van der Waals surface area contributed by atoms with Crippen molar-refractivity contribution in [3.05, 3.63) is 23.8 Å². The van der Waals surface area contributed by atoms with Crippen LogP contribution >= 0.6 is 0 Å². The lowest BCUT2D eigenvalue weighted by atomic mass is 10.1. The summed E-state index contributed by atoms with van der Waals surface area (Å²) in [6, 6.07) is 4.84. The summed E-state index contributed by atoms with van der Waals surface area (Å²) in [5.74, 6) is 0.267. The number of nitrogens with one attached hydrogen (secondary N) is 1. The number of aliphatic hydroxyl groups is 1. The molecule has 0 aliphatic rings. The van der Waals surface area contributed by atoms with Crippen LogP contribution in [0, 0.1) is 0 Å². The van der Waals surface area contributed by atoms with Gasteiger partial charge in [-0.05, 0) is 24.6 Å². The van der Waals surface area contributed by atoms with Crippen molar-refractivity contribution in [2.24, 2.45) is 0 Å². The molecule has 1 aromatic rings. The van der Waals surface area contributed by atoms with Gasteiger partial charge in [0.1, 0.15) is 12.4 Å². The van der Waals surface area contributed by atoms with Gasteiger partial charge in [-0.3, -0.25) is 4.79 Å². The van der Waals surface area contributed by atoms with Crippen LogP contribution in [0.4, 0.5) is 5.69 Å². The predicted octanol–water partition coefficient (Wildman–Crippen LogP) is 0.780. The number of carbonyl (C=O) groups is 1. The molecule has 0 aliphatic heterocycles. The number of benzene rings is 1. The number of ether oxygens (including phenoxy) is 1. The molecule has 0 heterocycles. The van der Waals surface area contributed by atoms with Crippen LogP contribution in [0.1, 0.15) is 23.7 Å². The first-order valence-corrected chi connectivity index (χ1v) is 5.60. The van der Waals surface area contributed by atoms with Gasteiger partial charge in [-0.1, -0.05) is 6.92 Å². The summed E-state index contributed by atoms with van der Waals surface area (Å²) in [7, 11) is 0. The molecule has 4 N–H and O–H groups in total. The molecule has 0 saturated heterocycles. The molecule has 0 saturated carbocycles. The Kier molecular flexibility index (Phi) is 5.29. The molecule has 0 bridgehead atoms. The van der Waals surface area contributed by atoms with Gasteiger partial charge in [-0.15, -0.1) is 0 Å². The zero-order valence-corrected chi connectivity index (χ0v) is 9.90. The number of hydrogen-bond acceptors (Lipinski definition) is 4. The first kappa shape index (κ1) is 13.3. The van der Waals surface area contributed by atoms with Crippen LogP contribution in [0.3, 0.4) is 0 Å². The van der Waals surface area contributed by atoms with E-state index in [-0.39, 0.29) is 19.1 Å². The maximum atomic E-state index is 11.7. The van der Waals surface area contributed by atoms with Crippen LogP contribution in [-0.2, 0) is 0 Å². The van der Waals surface area contributed by atoms with Crippen molar-refractivity contribution in [1.82, 2.24) is 5.32 Å². The second-order valence-corrected chi connectivity index (χ2v) is 3.58. The summed E-state index contributed by atoms with van der Waals surface area (Å²) >= 11 is 0. The zero-order valence-electron chi connectivity index (χ0n) is 9.90. The standard InChI is InChI=1S/C12H18N2O3/c1-2-5-14-12(16)9-3-4-10(13)11(8-9)17-7-6-15/h3-4,8,15H,2,5-7,13H2,1H3,(H,14,16). The summed E-state index contributed by atoms with van der Waals surface area (Å²) in [6.45, 7) is 2.69. The quantitative estimate of drug-likeness (QED) is 0.639. The van der Waals surface area contributed by atoms with Gasteiger partial charge in [0.25, 0.3) is 5.91 Å². The molecule has 94 valence electrons. The third-order valence-electron chi connectivity index (χ3n) is 2.16. The SMILES string of the molecule is CCCNC(=O)c1ccc(N)c(OCCO)c1. The van der Waals surface area contributed by atoms with Crippen LogP contribution in [0.25, 0.3) is 0 Å². The van der Waals surface area contributed by atoms with E-state index < -0.39 is 0 Å². The van der Waals surface area contributed by atoms with E-state index in [1.165, 1.54) is 0 Å². The first-order valence-electron chi connectivity index (χ1n) is 5.60. The highest BCUT2D eigenvalue weighted by Gasteiger charge is 2.08. The van der Waals surface area contributed by atoms with E-state index in [9.17, 15) is 4.79 Å².